The highest BCUT2D eigenvalue weighted by Gasteiger charge is 2.26. The number of benzene rings is 1. The molecule has 6 nitrogen and oxygen atoms in total. The number of hydrogen-bond acceptors (Lipinski definition) is 7. The predicted molar refractivity (Wildman–Crippen MR) is 108 cm³/mol. The highest BCUT2D eigenvalue weighted by molar-refractivity contribution is 8.00. The number of ether oxygens (including phenoxy) is 2. The molecule has 0 aliphatic carbocycles. The van der Waals surface area contributed by atoms with Crippen molar-refractivity contribution in [3.05, 3.63) is 44.2 Å². The number of rotatable bonds is 6. The van der Waals surface area contributed by atoms with Crippen LogP contribution in [0, 0.1) is 6.92 Å². The number of halogens is 2. The lowest BCUT2D eigenvalue weighted by Crippen LogP contribution is -2.16. The van der Waals surface area contributed by atoms with Gasteiger partial charge < -0.3 is 14.8 Å². The fourth-order valence-electron chi connectivity index (χ4n) is 2.13. The third-order valence-corrected chi connectivity index (χ3v) is 6.33. The van der Waals surface area contributed by atoms with Crippen LogP contribution < -0.4 is 5.32 Å². The van der Waals surface area contributed by atoms with E-state index in [2.05, 4.69) is 5.32 Å². The van der Waals surface area contributed by atoms with Crippen LogP contribution in [0.25, 0.3) is 0 Å². The van der Waals surface area contributed by atoms with Gasteiger partial charge in [-0.05, 0) is 30.7 Å². The molecule has 0 spiro atoms. The molecule has 0 unspecified atom stereocenters. The molecule has 0 aliphatic rings. The highest BCUT2D eigenvalue weighted by atomic mass is 35.5. The number of carbonyl (C=O) groups excluding carboxylic acids is 3. The summed E-state index contributed by atoms with van der Waals surface area (Å²) in [6.07, 6.45) is 0. The van der Waals surface area contributed by atoms with Crippen molar-refractivity contribution in [1.29, 1.82) is 0 Å². The van der Waals surface area contributed by atoms with Crippen LogP contribution in [0.2, 0.25) is 10.0 Å². The van der Waals surface area contributed by atoms with Crippen molar-refractivity contribution in [2.75, 3.05) is 25.3 Å². The Bertz CT molecular complexity index is 898. The smallest absolute Gasteiger partial charge is 0.348 e. The summed E-state index contributed by atoms with van der Waals surface area (Å²) in [5, 5.41) is 3.85. The van der Waals surface area contributed by atoms with Gasteiger partial charge in [-0.3, -0.25) is 4.79 Å². The second-order valence-electron chi connectivity index (χ2n) is 5.16. The van der Waals surface area contributed by atoms with E-state index >= 15 is 0 Å². The third-order valence-electron chi connectivity index (χ3n) is 3.41. The van der Waals surface area contributed by atoms with Gasteiger partial charge in [-0.1, -0.05) is 23.2 Å². The molecule has 0 radical (unpaired) electrons. The molecule has 0 atom stereocenters. The molecule has 10 heteroatoms. The standard InChI is InChI=1S/C17H15Cl2NO5S2/c1-8-13(16(22)24-2)15(27-14(8)17(23)25-3)20-12(21)7-26-11-6-9(18)4-5-10(11)19/h4-6H,7H2,1-3H3,(H,20,21). The molecule has 0 fully saturated rings. The number of anilines is 1. The van der Waals surface area contributed by atoms with Gasteiger partial charge in [0.25, 0.3) is 0 Å². The summed E-state index contributed by atoms with van der Waals surface area (Å²) >= 11 is 14.2. The largest absolute Gasteiger partial charge is 0.465 e. The van der Waals surface area contributed by atoms with Crippen molar-refractivity contribution in [3.63, 3.8) is 0 Å². The van der Waals surface area contributed by atoms with Gasteiger partial charge in [0.1, 0.15) is 9.88 Å². The molecule has 27 heavy (non-hydrogen) atoms. The van der Waals surface area contributed by atoms with Crippen molar-refractivity contribution in [2.45, 2.75) is 11.8 Å². The maximum Gasteiger partial charge on any atom is 0.348 e. The molecule has 2 aromatic rings. The fourth-order valence-corrected chi connectivity index (χ4v) is 4.55. The molecule has 0 bridgehead atoms. The molecule has 0 aliphatic heterocycles. The number of amides is 1. The predicted octanol–water partition coefficient (Wildman–Crippen LogP) is 4.67. The minimum Gasteiger partial charge on any atom is -0.465 e. The maximum atomic E-state index is 12.3. The SMILES string of the molecule is COC(=O)c1sc(NC(=O)CSc2cc(Cl)ccc2Cl)c(C(=O)OC)c1C. The molecule has 2 rings (SSSR count). The Hall–Kier alpha value is -1.74. The topological polar surface area (TPSA) is 81.7 Å². The van der Waals surface area contributed by atoms with Crippen molar-refractivity contribution in [1.82, 2.24) is 0 Å². The van der Waals surface area contributed by atoms with Crippen LogP contribution in [0.5, 0.6) is 0 Å². The molecule has 144 valence electrons. The first-order valence-corrected chi connectivity index (χ1v) is 10.0. The Kier molecular flexibility index (Phi) is 7.55. The van der Waals surface area contributed by atoms with Crippen molar-refractivity contribution in [3.8, 4) is 0 Å². The first-order chi connectivity index (χ1) is 12.8. The van der Waals surface area contributed by atoms with E-state index in [1.54, 1.807) is 25.1 Å². The van der Waals surface area contributed by atoms with Crippen molar-refractivity contribution in [2.24, 2.45) is 0 Å². The molecule has 1 amide bonds. The Morgan fingerprint density at radius 1 is 1.15 bits per heavy atom. The van der Waals surface area contributed by atoms with Gasteiger partial charge in [-0.25, -0.2) is 9.59 Å². The summed E-state index contributed by atoms with van der Waals surface area (Å²) in [6, 6.07) is 4.95. The van der Waals surface area contributed by atoms with Crippen LogP contribution in [0.15, 0.2) is 23.1 Å². The second-order valence-corrected chi connectivity index (χ2v) is 8.04. The van der Waals surface area contributed by atoms with Gasteiger partial charge in [-0.2, -0.15) is 0 Å². The Morgan fingerprint density at radius 3 is 2.44 bits per heavy atom. The van der Waals surface area contributed by atoms with Gasteiger partial charge in [0, 0.05) is 9.92 Å². The number of nitrogens with one attached hydrogen (secondary N) is 1. The summed E-state index contributed by atoms with van der Waals surface area (Å²) in [6.45, 7) is 1.59. The third kappa shape index (κ3) is 5.16. The van der Waals surface area contributed by atoms with Crippen LogP contribution in [-0.2, 0) is 14.3 Å². The minimum atomic E-state index is -0.653. The molecule has 1 aromatic carbocycles. The summed E-state index contributed by atoms with van der Waals surface area (Å²) in [4.78, 5) is 37.1. The van der Waals surface area contributed by atoms with E-state index in [0.717, 1.165) is 11.3 Å². The first-order valence-electron chi connectivity index (χ1n) is 7.46. The number of methoxy groups -OCH3 is 2. The van der Waals surface area contributed by atoms with Gasteiger partial charge in [0.2, 0.25) is 5.91 Å². The fraction of sp³-hybridized carbons (Fsp3) is 0.235. The number of thiophene rings is 1. The number of carbonyl (C=O) groups is 3. The highest BCUT2D eigenvalue weighted by Crippen LogP contribution is 2.35. The van der Waals surface area contributed by atoms with Gasteiger partial charge in [0.05, 0.1) is 30.6 Å². The zero-order chi connectivity index (χ0) is 20.1. The van der Waals surface area contributed by atoms with E-state index in [-0.39, 0.29) is 27.1 Å². The lowest BCUT2D eigenvalue weighted by Gasteiger charge is -2.07. The van der Waals surface area contributed by atoms with Gasteiger partial charge in [-0.15, -0.1) is 23.1 Å². The molecule has 1 aromatic heterocycles. The minimum absolute atomic E-state index is 0.0329. The van der Waals surface area contributed by atoms with E-state index in [9.17, 15) is 14.4 Å². The molecule has 0 saturated carbocycles. The molecule has 1 N–H and O–H groups in total. The zero-order valence-corrected chi connectivity index (χ0v) is 17.7. The lowest BCUT2D eigenvalue weighted by atomic mass is 10.1. The number of hydrogen-bond donors (Lipinski definition) is 1. The summed E-state index contributed by atoms with van der Waals surface area (Å²) in [7, 11) is 2.46. The normalized spacial score (nSPS) is 10.4. The van der Waals surface area contributed by atoms with E-state index in [1.165, 1.54) is 26.0 Å². The Labute approximate surface area is 174 Å². The second kappa shape index (κ2) is 9.45. The van der Waals surface area contributed by atoms with Gasteiger partial charge in [0.15, 0.2) is 0 Å². The van der Waals surface area contributed by atoms with Crippen LogP contribution >= 0.6 is 46.3 Å². The molecular formula is C17H15Cl2NO5S2. The summed E-state index contributed by atoms with van der Waals surface area (Å²) < 4.78 is 9.46. The van der Waals surface area contributed by atoms with E-state index in [1.807, 2.05) is 0 Å². The average molecular weight is 448 g/mol. The maximum absolute atomic E-state index is 12.3. The number of thioether (sulfide) groups is 1. The molecule has 0 saturated heterocycles. The van der Waals surface area contributed by atoms with Crippen LogP contribution in [-0.4, -0.2) is 37.8 Å². The number of esters is 2. The monoisotopic (exact) mass is 447 g/mol. The van der Waals surface area contributed by atoms with E-state index in [4.69, 9.17) is 32.7 Å². The van der Waals surface area contributed by atoms with Crippen molar-refractivity contribution < 1.29 is 23.9 Å². The first kappa shape index (κ1) is 21.6. The average Bonchev–Trinajstić information content (AvgIpc) is 2.97. The van der Waals surface area contributed by atoms with Gasteiger partial charge >= 0.3 is 11.9 Å². The van der Waals surface area contributed by atoms with Crippen LogP contribution in [0.4, 0.5) is 5.00 Å². The molecule has 1 heterocycles. The summed E-state index contributed by atoms with van der Waals surface area (Å²) in [5.74, 6) is -1.59. The Morgan fingerprint density at radius 2 is 1.81 bits per heavy atom. The van der Waals surface area contributed by atoms with E-state index < -0.39 is 11.9 Å². The summed E-state index contributed by atoms with van der Waals surface area (Å²) in [5.41, 5.74) is 0.515. The Balaban J connectivity index is 2.20. The zero-order valence-electron chi connectivity index (χ0n) is 14.6. The molecular weight excluding hydrogens is 433 g/mol. The lowest BCUT2D eigenvalue weighted by molar-refractivity contribution is -0.113. The van der Waals surface area contributed by atoms with Crippen LogP contribution in [0.1, 0.15) is 25.6 Å². The van der Waals surface area contributed by atoms with E-state index in [0.29, 0.717) is 20.5 Å². The van der Waals surface area contributed by atoms with Crippen LogP contribution in [0.3, 0.4) is 0 Å². The van der Waals surface area contributed by atoms with Crippen molar-refractivity contribution >= 4 is 69.1 Å². The quantitative estimate of drug-likeness (QED) is 0.511.